The van der Waals surface area contributed by atoms with E-state index in [1.165, 1.54) is 11.1 Å². The molecule has 2 aromatic carbocycles. The monoisotopic (exact) mass is 303 g/mol. The standard InChI is InChI=1S/C18H22ClNO/c1-21-17-9-4-6-15(14-17)11-13-20-12-5-8-16-7-2-3-10-18(16)19/h2-4,6-7,9-10,14,20H,5,8,11-13H2,1H3. The molecule has 1 N–H and O–H groups in total. The fraction of sp³-hybridized carbons (Fsp3) is 0.333. The van der Waals surface area contributed by atoms with Crippen LogP contribution in [0, 0.1) is 0 Å². The minimum Gasteiger partial charge on any atom is -0.497 e. The van der Waals surface area contributed by atoms with Crippen LogP contribution in [0.2, 0.25) is 5.02 Å². The molecule has 0 saturated heterocycles. The first kappa shape index (κ1) is 15.9. The van der Waals surface area contributed by atoms with Crippen LogP contribution >= 0.6 is 11.6 Å². The Balaban J connectivity index is 1.63. The van der Waals surface area contributed by atoms with E-state index < -0.39 is 0 Å². The van der Waals surface area contributed by atoms with Crippen molar-refractivity contribution in [2.45, 2.75) is 19.3 Å². The molecule has 2 rings (SSSR count). The van der Waals surface area contributed by atoms with Crippen molar-refractivity contribution in [3.8, 4) is 5.75 Å². The Hall–Kier alpha value is -1.51. The van der Waals surface area contributed by atoms with E-state index >= 15 is 0 Å². The lowest BCUT2D eigenvalue weighted by Gasteiger charge is -2.07. The summed E-state index contributed by atoms with van der Waals surface area (Å²) in [5, 5.41) is 4.35. The van der Waals surface area contributed by atoms with Gasteiger partial charge in [0.25, 0.3) is 0 Å². The molecule has 0 atom stereocenters. The van der Waals surface area contributed by atoms with Crippen LogP contribution in [-0.4, -0.2) is 20.2 Å². The van der Waals surface area contributed by atoms with Crippen molar-refractivity contribution in [1.29, 1.82) is 0 Å². The number of ether oxygens (including phenoxy) is 1. The maximum Gasteiger partial charge on any atom is 0.119 e. The van der Waals surface area contributed by atoms with E-state index in [1.807, 2.05) is 30.3 Å². The maximum atomic E-state index is 6.14. The first-order valence-electron chi connectivity index (χ1n) is 7.36. The van der Waals surface area contributed by atoms with Gasteiger partial charge in [0.05, 0.1) is 7.11 Å². The zero-order chi connectivity index (χ0) is 14.9. The highest BCUT2D eigenvalue weighted by Crippen LogP contribution is 2.16. The van der Waals surface area contributed by atoms with Crippen LogP contribution in [0.5, 0.6) is 5.75 Å². The summed E-state index contributed by atoms with van der Waals surface area (Å²) in [7, 11) is 1.70. The fourth-order valence-corrected chi connectivity index (χ4v) is 2.52. The summed E-state index contributed by atoms with van der Waals surface area (Å²) >= 11 is 6.14. The number of nitrogens with one attached hydrogen (secondary N) is 1. The van der Waals surface area contributed by atoms with Gasteiger partial charge in [-0.25, -0.2) is 0 Å². The second-order valence-corrected chi connectivity index (χ2v) is 5.45. The molecule has 0 unspecified atom stereocenters. The lowest BCUT2D eigenvalue weighted by atomic mass is 10.1. The fourth-order valence-electron chi connectivity index (χ4n) is 2.29. The van der Waals surface area contributed by atoms with E-state index in [-0.39, 0.29) is 0 Å². The summed E-state index contributed by atoms with van der Waals surface area (Å²) < 4.78 is 5.23. The predicted molar refractivity (Wildman–Crippen MR) is 89.3 cm³/mol. The molecule has 0 saturated carbocycles. The van der Waals surface area contributed by atoms with Gasteiger partial charge in [-0.2, -0.15) is 0 Å². The Morgan fingerprint density at radius 3 is 2.67 bits per heavy atom. The molecule has 0 aliphatic carbocycles. The van der Waals surface area contributed by atoms with Crippen LogP contribution in [0.15, 0.2) is 48.5 Å². The van der Waals surface area contributed by atoms with Crippen LogP contribution in [0.25, 0.3) is 0 Å². The molecule has 0 aromatic heterocycles. The van der Waals surface area contributed by atoms with Crippen molar-refractivity contribution in [1.82, 2.24) is 5.32 Å². The Morgan fingerprint density at radius 2 is 1.86 bits per heavy atom. The molecule has 0 fully saturated rings. The van der Waals surface area contributed by atoms with E-state index in [0.29, 0.717) is 0 Å². The average molecular weight is 304 g/mol. The van der Waals surface area contributed by atoms with Crippen molar-refractivity contribution >= 4 is 11.6 Å². The summed E-state index contributed by atoms with van der Waals surface area (Å²) in [6.07, 6.45) is 3.14. The van der Waals surface area contributed by atoms with Gasteiger partial charge >= 0.3 is 0 Å². The molecule has 0 bridgehead atoms. The maximum absolute atomic E-state index is 6.14. The zero-order valence-electron chi connectivity index (χ0n) is 12.4. The summed E-state index contributed by atoms with van der Waals surface area (Å²) in [6, 6.07) is 16.3. The lowest BCUT2D eigenvalue weighted by Crippen LogP contribution is -2.19. The third-order valence-corrected chi connectivity index (χ3v) is 3.85. The molecule has 0 spiro atoms. The zero-order valence-corrected chi connectivity index (χ0v) is 13.2. The van der Waals surface area contributed by atoms with E-state index in [4.69, 9.17) is 16.3 Å². The molecule has 112 valence electrons. The van der Waals surface area contributed by atoms with Crippen molar-refractivity contribution in [2.75, 3.05) is 20.2 Å². The Morgan fingerprint density at radius 1 is 1.00 bits per heavy atom. The molecule has 0 aliphatic rings. The number of aryl methyl sites for hydroxylation is 1. The van der Waals surface area contributed by atoms with Gasteiger partial charge in [0, 0.05) is 5.02 Å². The summed E-state index contributed by atoms with van der Waals surface area (Å²) in [5.74, 6) is 0.922. The van der Waals surface area contributed by atoms with Crippen molar-refractivity contribution in [3.63, 3.8) is 0 Å². The van der Waals surface area contributed by atoms with Crippen molar-refractivity contribution in [3.05, 3.63) is 64.7 Å². The highest BCUT2D eigenvalue weighted by molar-refractivity contribution is 6.31. The van der Waals surface area contributed by atoms with Crippen LogP contribution in [-0.2, 0) is 12.8 Å². The van der Waals surface area contributed by atoms with Gasteiger partial charge in [0.1, 0.15) is 5.75 Å². The first-order valence-corrected chi connectivity index (χ1v) is 7.74. The molecule has 0 heterocycles. The number of benzene rings is 2. The Bertz CT molecular complexity index is 556. The van der Waals surface area contributed by atoms with Crippen LogP contribution in [0.4, 0.5) is 0 Å². The Labute approximate surface area is 132 Å². The van der Waals surface area contributed by atoms with Crippen LogP contribution < -0.4 is 10.1 Å². The number of halogens is 1. The van der Waals surface area contributed by atoms with E-state index in [2.05, 4.69) is 23.5 Å². The molecule has 0 aliphatic heterocycles. The molecule has 0 amide bonds. The number of rotatable bonds is 8. The van der Waals surface area contributed by atoms with Gasteiger partial charge < -0.3 is 10.1 Å². The van der Waals surface area contributed by atoms with E-state index in [1.54, 1.807) is 7.11 Å². The summed E-state index contributed by atoms with van der Waals surface area (Å²) in [6.45, 7) is 1.99. The largest absolute Gasteiger partial charge is 0.497 e. The van der Waals surface area contributed by atoms with Gasteiger partial charge in [-0.15, -0.1) is 0 Å². The molecule has 2 aromatic rings. The van der Waals surface area contributed by atoms with Gasteiger partial charge in [0.2, 0.25) is 0 Å². The van der Waals surface area contributed by atoms with Gasteiger partial charge in [-0.1, -0.05) is 41.9 Å². The molecule has 3 heteroatoms. The molecule has 0 radical (unpaired) electrons. The molecule has 2 nitrogen and oxygen atoms in total. The third kappa shape index (κ3) is 5.41. The van der Waals surface area contributed by atoms with Crippen molar-refractivity contribution in [2.24, 2.45) is 0 Å². The third-order valence-electron chi connectivity index (χ3n) is 3.48. The highest BCUT2D eigenvalue weighted by Gasteiger charge is 1.99. The molecular weight excluding hydrogens is 282 g/mol. The predicted octanol–water partition coefficient (Wildman–Crippen LogP) is 4.11. The van der Waals surface area contributed by atoms with Crippen LogP contribution in [0.1, 0.15) is 17.5 Å². The first-order chi connectivity index (χ1) is 10.3. The summed E-state index contributed by atoms with van der Waals surface area (Å²) in [4.78, 5) is 0. The smallest absolute Gasteiger partial charge is 0.119 e. The van der Waals surface area contributed by atoms with Gasteiger partial charge in [0.15, 0.2) is 0 Å². The highest BCUT2D eigenvalue weighted by atomic mass is 35.5. The molecular formula is C18H22ClNO. The van der Waals surface area contributed by atoms with E-state index in [9.17, 15) is 0 Å². The lowest BCUT2D eigenvalue weighted by molar-refractivity contribution is 0.414. The number of hydrogen-bond acceptors (Lipinski definition) is 2. The number of methoxy groups -OCH3 is 1. The quantitative estimate of drug-likeness (QED) is 0.741. The Kier molecular flexibility index (Phi) is 6.58. The normalized spacial score (nSPS) is 10.6. The van der Waals surface area contributed by atoms with E-state index in [0.717, 1.165) is 43.1 Å². The van der Waals surface area contributed by atoms with Gasteiger partial charge in [-0.3, -0.25) is 0 Å². The summed E-state index contributed by atoms with van der Waals surface area (Å²) in [5.41, 5.74) is 2.53. The average Bonchev–Trinajstić information content (AvgIpc) is 2.52. The SMILES string of the molecule is COc1cccc(CCNCCCc2ccccc2Cl)c1. The van der Waals surface area contributed by atoms with Gasteiger partial charge in [-0.05, 0) is 61.7 Å². The second-order valence-electron chi connectivity index (χ2n) is 5.05. The second kappa shape index (κ2) is 8.71. The van der Waals surface area contributed by atoms with Crippen LogP contribution in [0.3, 0.4) is 0 Å². The van der Waals surface area contributed by atoms with Crippen molar-refractivity contribution < 1.29 is 4.74 Å². The topological polar surface area (TPSA) is 21.3 Å². The minimum atomic E-state index is 0.869. The number of hydrogen-bond donors (Lipinski definition) is 1. The minimum absolute atomic E-state index is 0.869. The molecule has 21 heavy (non-hydrogen) atoms.